The van der Waals surface area contributed by atoms with Crippen molar-refractivity contribution in [2.45, 2.75) is 123 Å². The summed E-state index contributed by atoms with van der Waals surface area (Å²) in [6.45, 7) is 31.6. The fourth-order valence-corrected chi connectivity index (χ4v) is 16.7. The molecule has 0 unspecified atom stereocenters. The number of nitrogens with one attached hydrogen (secondary N) is 11. The molecule has 43 heteroatoms. The number of carbonyl (C=O) groups excluding carboxylic acids is 8. The zero-order chi connectivity index (χ0) is 103. The van der Waals surface area contributed by atoms with Gasteiger partial charge in [0.2, 0.25) is 17.7 Å². The second kappa shape index (κ2) is 44.4. The van der Waals surface area contributed by atoms with Gasteiger partial charge in [-0.05, 0) is 110 Å². The normalized spacial score (nSPS) is 11.3. The number of amides is 7. The Bertz CT molecular complexity index is 8320. The molecule has 7 amide bonds. The fourth-order valence-electron chi connectivity index (χ4n) is 16.7. The molecule has 0 aromatic carbocycles. The zero-order valence-electron chi connectivity index (χ0n) is 83.3. The molecule has 0 aliphatic heterocycles. The van der Waals surface area contributed by atoms with Gasteiger partial charge in [0.15, 0.2) is 45.9 Å². The average molecular weight is 1980 g/mol. The molecule has 0 aliphatic carbocycles. The van der Waals surface area contributed by atoms with Gasteiger partial charge in [0.25, 0.3) is 23.6 Å². The molecule has 0 atom stereocenters. The summed E-state index contributed by atoms with van der Waals surface area (Å²) in [6.07, 6.45) is 33.1. The van der Waals surface area contributed by atoms with Gasteiger partial charge in [0, 0.05) is 209 Å². The summed E-state index contributed by atoms with van der Waals surface area (Å²) >= 11 is 0. The largest absolute Gasteiger partial charge is 0.339 e. The van der Waals surface area contributed by atoms with Crippen molar-refractivity contribution in [3.05, 3.63) is 200 Å². The predicted molar refractivity (Wildman–Crippen MR) is 558 cm³/mol. The molecule has 20 heterocycles. The standard InChI is InChI=1S/C27H29N9O2.C26H27N9O2.C26H26N8O2.C25H25N9O2/c1-5-36(6-2)27(38)20-13-29-14-21-23(20)33-26(32-21)24-19-9-17(11-30-25(19)35-34-24)16-8-18(12-28-10-16)31-22(37)7-15(3)4;1-5-35(6-2)26(37)19-12-28-13-20-21(19)32-24(31-20)22-18-8-16(10-29-23(18)34-33-22)15-7-17(11-27-9-15)30-25(36)14(3)4;1-4-18(35)10-17-8-7-15(11-28-17)16-9-19-23(32-33-24(19)29-12-16)25-30-21-14-27-13-20(22(21)31-25)26(36)34(5-2)6-3;1-4-20(35)29-16-7-14(9-26-11-16)15-8-17-22(32-33-23(17)28-10-15)24-30-19-13-27-12-18(21(19)31-24)25(36)34(5-2)6-3/h8-15H,5-7H2,1-4H3,(H,31,37)(H,32,33)(H,30,34,35);7-14H,5-6H2,1-4H3,(H,30,36)(H,31,32)(H,29,33,34);7-9,11-14H,4-6,10H2,1-3H3,(H,30,31)(H,29,32,33);7-13H,4-6H2,1-3H3,(H,29,35)(H,30,31)(H,28,32,33). The van der Waals surface area contributed by atoms with Gasteiger partial charge < -0.3 is 55.5 Å². The van der Waals surface area contributed by atoms with Crippen LogP contribution in [0.25, 0.3) is 179 Å². The summed E-state index contributed by atoms with van der Waals surface area (Å²) in [6, 6.07) is 17.2. The Morgan fingerprint density at radius 1 is 0.306 bits per heavy atom. The van der Waals surface area contributed by atoms with Crippen molar-refractivity contribution < 1.29 is 38.4 Å². The highest BCUT2D eigenvalue weighted by molar-refractivity contribution is 6.10. The first kappa shape index (κ1) is 100. The first-order valence-corrected chi connectivity index (χ1v) is 48.4. The molecule has 20 aromatic heterocycles. The summed E-state index contributed by atoms with van der Waals surface area (Å²) in [5.74, 6) is 1.72. The van der Waals surface area contributed by atoms with Crippen molar-refractivity contribution in [2.24, 2.45) is 11.8 Å². The third-order valence-corrected chi connectivity index (χ3v) is 24.7. The third kappa shape index (κ3) is 21.5. The number of carbonyl (C=O) groups is 8. The zero-order valence-corrected chi connectivity index (χ0v) is 83.3. The Kier molecular flexibility index (Phi) is 30.2. The van der Waals surface area contributed by atoms with E-state index in [0.717, 1.165) is 71.7 Å². The lowest BCUT2D eigenvalue weighted by atomic mass is 10.1. The van der Waals surface area contributed by atoms with Crippen LogP contribution in [-0.2, 0) is 25.6 Å². The van der Waals surface area contributed by atoms with Gasteiger partial charge in [-0.3, -0.25) is 98.6 Å². The molecule has 43 nitrogen and oxygen atoms in total. The number of nitrogens with zero attached hydrogens (tertiary/aromatic N) is 24. The number of anilines is 3. The highest BCUT2D eigenvalue weighted by Crippen LogP contribution is 2.38. The number of pyridine rings is 12. The maximum atomic E-state index is 13.0. The molecular weight excluding hydrogens is 1870 g/mol. The van der Waals surface area contributed by atoms with Gasteiger partial charge in [0.05, 0.1) is 126 Å². The molecule has 11 N–H and O–H groups in total. The highest BCUT2D eigenvalue weighted by Gasteiger charge is 2.29. The van der Waals surface area contributed by atoms with Crippen molar-refractivity contribution in [1.82, 2.24) is 160 Å². The maximum Gasteiger partial charge on any atom is 0.257 e. The lowest BCUT2D eigenvalue weighted by molar-refractivity contribution is -0.119. The smallest absolute Gasteiger partial charge is 0.257 e. The highest BCUT2D eigenvalue weighted by atomic mass is 16.2. The molecule has 20 rings (SSSR count). The van der Waals surface area contributed by atoms with Crippen LogP contribution in [0.15, 0.2) is 172 Å². The minimum Gasteiger partial charge on any atom is -0.339 e. The number of hydrogen-bond donors (Lipinski definition) is 11. The van der Waals surface area contributed by atoms with E-state index in [0.29, 0.717) is 230 Å². The number of fused-ring (bicyclic) bond motifs is 8. The van der Waals surface area contributed by atoms with E-state index in [2.05, 4.69) is 136 Å². The molecule has 0 saturated carbocycles. The van der Waals surface area contributed by atoms with Crippen molar-refractivity contribution in [3.63, 3.8) is 0 Å². The van der Waals surface area contributed by atoms with Crippen molar-refractivity contribution in [2.75, 3.05) is 68.3 Å². The van der Waals surface area contributed by atoms with Crippen molar-refractivity contribution in [1.29, 1.82) is 0 Å². The monoisotopic (exact) mass is 1970 g/mol. The van der Waals surface area contributed by atoms with E-state index in [1.54, 1.807) is 144 Å². The molecule has 746 valence electrons. The molecule has 0 radical (unpaired) electrons. The number of rotatable bonds is 30. The Balaban J connectivity index is 0.000000134. The van der Waals surface area contributed by atoms with Gasteiger partial charge in [0.1, 0.15) is 50.6 Å². The minimum atomic E-state index is -0.142. The Morgan fingerprint density at radius 3 is 0.871 bits per heavy atom. The quantitative estimate of drug-likeness (QED) is 0.0199. The summed E-state index contributed by atoms with van der Waals surface area (Å²) in [7, 11) is 0. The maximum absolute atomic E-state index is 13.0. The number of aromatic amines is 8. The van der Waals surface area contributed by atoms with Crippen LogP contribution < -0.4 is 16.0 Å². The van der Waals surface area contributed by atoms with Crippen LogP contribution in [0.4, 0.5) is 17.1 Å². The van der Waals surface area contributed by atoms with E-state index >= 15 is 0 Å². The van der Waals surface area contributed by atoms with Crippen molar-refractivity contribution >= 4 is 152 Å². The van der Waals surface area contributed by atoms with Gasteiger partial charge in [-0.15, -0.1) is 0 Å². The molecular formula is C104H107N35O8. The molecule has 20 aromatic rings. The van der Waals surface area contributed by atoms with Gasteiger partial charge >= 0.3 is 0 Å². The van der Waals surface area contributed by atoms with E-state index in [-0.39, 0.29) is 59.0 Å². The van der Waals surface area contributed by atoms with Crippen LogP contribution in [0, 0.1) is 11.8 Å². The van der Waals surface area contributed by atoms with E-state index < -0.39 is 0 Å². The second-order valence-corrected chi connectivity index (χ2v) is 35.0. The summed E-state index contributed by atoms with van der Waals surface area (Å²) in [5, 5.41) is 41.0. The minimum absolute atomic E-state index is 0.0529. The van der Waals surface area contributed by atoms with Crippen LogP contribution >= 0.6 is 0 Å². The SMILES string of the molecule is CCC(=O)Cc1ccc(-c2cnc3n[nH]c(-c4nc5c(C(=O)N(CC)CC)cncc5[nH]4)c3c2)cn1.CCC(=O)Nc1cncc(-c2cnc3n[nH]c(-c4nc5c(C(=O)N(CC)CC)cncc5[nH]4)c3c2)c1.CCN(CC)C(=O)c1cncc2[nH]c(-c3[nH]nc4ncc(-c5cncc(NC(=O)C(C)C)c5)cc34)nc12.CCN(CC)C(=O)c1cncc2[nH]c(-c3[nH]nc4ncc(-c5cncc(NC(=O)CC(C)C)c5)cc34)nc12. The Hall–Kier alpha value is -18.5. The van der Waals surface area contributed by atoms with Crippen LogP contribution in [-0.4, -0.2) is 260 Å². The molecule has 0 spiro atoms. The van der Waals surface area contributed by atoms with Crippen LogP contribution in [0.5, 0.6) is 0 Å². The average Bonchev–Trinajstić information content (AvgIpc) is 1.63. The predicted octanol–water partition coefficient (Wildman–Crippen LogP) is 16.2. The van der Waals surface area contributed by atoms with Gasteiger partial charge in [-0.25, -0.2) is 39.9 Å². The Labute approximate surface area is 840 Å². The lowest BCUT2D eigenvalue weighted by Crippen LogP contribution is -2.30. The summed E-state index contributed by atoms with van der Waals surface area (Å²) < 4.78 is 0. The van der Waals surface area contributed by atoms with Gasteiger partial charge in [-0.1, -0.05) is 47.6 Å². The molecule has 0 saturated heterocycles. The van der Waals surface area contributed by atoms with Gasteiger partial charge in [-0.2, -0.15) is 20.4 Å². The summed E-state index contributed by atoms with van der Waals surface area (Å²) in [5.41, 5.74) is 20.4. The topological polar surface area (TPSA) is 570 Å². The molecule has 0 aliphatic rings. The number of hydrogen-bond acceptors (Lipinski definition) is 28. The number of aromatic nitrogens is 28. The lowest BCUT2D eigenvalue weighted by Gasteiger charge is -2.18. The number of ketones is 1. The number of imidazole rings is 4. The number of Topliss-reactive ketones (excluding diaryl/α,β-unsaturated/α-hetero) is 1. The van der Waals surface area contributed by atoms with Crippen LogP contribution in [0.1, 0.15) is 163 Å². The molecule has 0 fully saturated rings. The second-order valence-electron chi connectivity index (χ2n) is 35.0. The number of H-pyrrole nitrogens is 8. The fraction of sp³-hybridized carbons (Fsp3) is 0.269. The van der Waals surface area contributed by atoms with E-state index in [1.807, 2.05) is 145 Å². The third-order valence-electron chi connectivity index (χ3n) is 24.7. The van der Waals surface area contributed by atoms with E-state index in [4.69, 9.17) is 19.9 Å². The van der Waals surface area contributed by atoms with Crippen LogP contribution in [0.2, 0.25) is 0 Å². The first-order chi connectivity index (χ1) is 71.3. The molecule has 147 heavy (non-hydrogen) atoms. The van der Waals surface area contributed by atoms with Crippen LogP contribution in [0.3, 0.4) is 0 Å². The molecule has 0 bridgehead atoms. The Morgan fingerprint density at radius 2 is 0.592 bits per heavy atom. The van der Waals surface area contributed by atoms with Crippen molar-refractivity contribution in [3.8, 4) is 90.6 Å². The van der Waals surface area contributed by atoms with E-state index in [1.165, 1.54) is 0 Å². The summed E-state index contributed by atoms with van der Waals surface area (Å²) in [4.78, 5) is 191. The van der Waals surface area contributed by atoms with E-state index in [9.17, 15) is 38.4 Å². The first-order valence-electron chi connectivity index (χ1n) is 48.4.